The molecule has 136 valence electrons. The number of aromatic nitrogens is 2. The van der Waals surface area contributed by atoms with Crippen LogP contribution in [-0.4, -0.2) is 63.3 Å². The second-order valence-electron chi connectivity index (χ2n) is 6.55. The van der Waals surface area contributed by atoms with Crippen LogP contribution in [0.1, 0.15) is 41.9 Å². The summed E-state index contributed by atoms with van der Waals surface area (Å²) in [6, 6.07) is 5.54. The van der Waals surface area contributed by atoms with Gasteiger partial charge in [-0.15, -0.1) is 0 Å². The van der Waals surface area contributed by atoms with E-state index in [1.54, 1.807) is 18.2 Å². The van der Waals surface area contributed by atoms with E-state index < -0.39 is 0 Å². The molecule has 25 heavy (non-hydrogen) atoms. The third-order valence-electron chi connectivity index (χ3n) is 4.81. The number of likely N-dealkylation sites (tertiary alicyclic amines) is 1. The van der Waals surface area contributed by atoms with E-state index >= 15 is 0 Å². The van der Waals surface area contributed by atoms with Gasteiger partial charge in [0.05, 0.1) is 17.6 Å². The van der Waals surface area contributed by atoms with Gasteiger partial charge in [-0.05, 0) is 44.0 Å². The molecule has 0 saturated carbocycles. The van der Waals surface area contributed by atoms with Crippen molar-refractivity contribution >= 4 is 16.9 Å². The predicted octanol–water partition coefficient (Wildman–Crippen LogP) is 1.02. The van der Waals surface area contributed by atoms with E-state index in [4.69, 9.17) is 5.11 Å². The van der Waals surface area contributed by atoms with Crippen LogP contribution in [0.2, 0.25) is 0 Å². The summed E-state index contributed by atoms with van der Waals surface area (Å²) in [4.78, 5) is 21.8. The molecule has 2 aromatic rings. The number of amides is 1. The number of piperidine rings is 1. The number of rotatable bonds is 7. The molecular formula is C18H26N4O3. The zero-order chi connectivity index (χ0) is 17.6. The maximum atomic E-state index is 12.3. The lowest BCUT2D eigenvalue weighted by molar-refractivity contribution is 0.0868. The van der Waals surface area contributed by atoms with Crippen LogP contribution >= 0.6 is 0 Å². The lowest BCUT2D eigenvalue weighted by atomic mass is 10.0. The molecule has 3 rings (SSSR count). The quantitative estimate of drug-likeness (QED) is 0.561. The van der Waals surface area contributed by atoms with Crippen molar-refractivity contribution in [2.75, 3.05) is 26.2 Å². The fraction of sp³-hybridized carbons (Fsp3) is 0.556. The summed E-state index contributed by atoms with van der Waals surface area (Å²) >= 11 is 0. The topological polar surface area (TPSA) is 101 Å². The number of nitrogens with one attached hydrogen (secondary N) is 2. The van der Waals surface area contributed by atoms with E-state index in [1.165, 1.54) is 12.8 Å². The van der Waals surface area contributed by atoms with Crippen LogP contribution in [0.25, 0.3) is 11.0 Å². The number of aliphatic hydroxyl groups excluding tert-OH is 2. The Bertz CT molecular complexity index is 715. The van der Waals surface area contributed by atoms with Crippen molar-refractivity contribution in [3.63, 3.8) is 0 Å². The van der Waals surface area contributed by atoms with E-state index in [9.17, 15) is 9.90 Å². The fourth-order valence-corrected chi connectivity index (χ4v) is 3.43. The van der Waals surface area contributed by atoms with Crippen molar-refractivity contribution in [3.05, 3.63) is 29.6 Å². The summed E-state index contributed by atoms with van der Waals surface area (Å²) in [5.74, 6) is 0.381. The predicted molar refractivity (Wildman–Crippen MR) is 95.3 cm³/mol. The summed E-state index contributed by atoms with van der Waals surface area (Å²) in [6.45, 7) is 2.60. The molecular weight excluding hydrogens is 320 g/mol. The number of imidazole rings is 1. The maximum absolute atomic E-state index is 12.3. The number of carbonyl (C=O) groups is 1. The summed E-state index contributed by atoms with van der Waals surface area (Å²) in [5, 5.41) is 21.5. The number of hydrogen-bond donors (Lipinski definition) is 4. The van der Waals surface area contributed by atoms with Gasteiger partial charge in [0.2, 0.25) is 0 Å². The standard InChI is InChI=1S/C18H26N4O3/c23-11-14-4-1-2-8-22(14)9-3-7-19-18(25)13-5-6-15-16(10-13)21-17(12-24)20-15/h5-6,10,14,23-24H,1-4,7-9,11-12H2,(H,19,25)(H,20,21). The fourth-order valence-electron chi connectivity index (χ4n) is 3.43. The molecule has 1 atom stereocenters. The first kappa shape index (κ1) is 17.8. The van der Waals surface area contributed by atoms with Crippen LogP contribution in [0.15, 0.2) is 18.2 Å². The van der Waals surface area contributed by atoms with Gasteiger partial charge in [0.15, 0.2) is 0 Å². The number of H-pyrrole nitrogens is 1. The average Bonchev–Trinajstić information content (AvgIpc) is 3.07. The first-order valence-electron chi connectivity index (χ1n) is 8.94. The molecule has 1 aliphatic rings. The van der Waals surface area contributed by atoms with Gasteiger partial charge in [-0.1, -0.05) is 6.42 Å². The van der Waals surface area contributed by atoms with E-state index in [-0.39, 0.29) is 25.2 Å². The average molecular weight is 346 g/mol. The third-order valence-corrected chi connectivity index (χ3v) is 4.81. The highest BCUT2D eigenvalue weighted by Gasteiger charge is 2.20. The highest BCUT2D eigenvalue weighted by Crippen LogP contribution is 2.17. The van der Waals surface area contributed by atoms with Crippen molar-refractivity contribution in [1.29, 1.82) is 0 Å². The summed E-state index contributed by atoms with van der Waals surface area (Å²) in [5.41, 5.74) is 2.06. The Kier molecular flexibility index (Phi) is 6.01. The van der Waals surface area contributed by atoms with Crippen LogP contribution in [0, 0.1) is 0 Å². The van der Waals surface area contributed by atoms with Gasteiger partial charge in [0.1, 0.15) is 12.4 Å². The molecule has 1 fully saturated rings. The van der Waals surface area contributed by atoms with Crippen molar-refractivity contribution in [2.45, 2.75) is 38.3 Å². The SMILES string of the molecule is O=C(NCCCN1CCCCC1CO)c1ccc2nc(CO)[nH]c2c1. The van der Waals surface area contributed by atoms with Gasteiger partial charge in [0, 0.05) is 24.7 Å². The number of aromatic amines is 1. The van der Waals surface area contributed by atoms with Crippen molar-refractivity contribution < 1.29 is 15.0 Å². The Morgan fingerprint density at radius 2 is 2.24 bits per heavy atom. The molecule has 0 spiro atoms. The zero-order valence-corrected chi connectivity index (χ0v) is 14.4. The van der Waals surface area contributed by atoms with E-state index in [2.05, 4.69) is 20.2 Å². The van der Waals surface area contributed by atoms with Crippen LogP contribution in [-0.2, 0) is 6.61 Å². The molecule has 1 aliphatic heterocycles. The Morgan fingerprint density at radius 3 is 3.04 bits per heavy atom. The van der Waals surface area contributed by atoms with E-state index in [0.717, 1.165) is 37.0 Å². The molecule has 0 bridgehead atoms. The normalized spacial score (nSPS) is 18.6. The summed E-state index contributed by atoms with van der Waals surface area (Å²) in [6.07, 6.45) is 4.29. The summed E-state index contributed by atoms with van der Waals surface area (Å²) < 4.78 is 0. The molecule has 1 aromatic heterocycles. The number of fused-ring (bicyclic) bond motifs is 1. The first-order valence-corrected chi connectivity index (χ1v) is 8.94. The molecule has 7 nitrogen and oxygen atoms in total. The number of benzene rings is 1. The second kappa shape index (κ2) is 8.42. The Labute approximate surface area is 147 Å². The minimum absolute atomic E-state index is 0.112. The highest BCUT2D eigenvalue weighted by molar-refractivity contribution is 5.97. The molecule has 1 amide bonds. The molecule has 7 heteroatoms. The van der Waals surface area contributed by atoms with Crippen LogP contribution < -0.4 is 5.32 Å². The Hall–Kier alpha value is -1.96. The lowest BCUT2D eigenvalue weighted by Crippen LogP contribution is -2.43. The van der Waals surface area contributed by atoms with Gasteiger partial charge in [-0.25, -0.2) is 4.98 Å². The van der Waals surface area contributed by atoms with Crippen molar-refractivity contribution in [2.24, 2.45) is 0 Å². The van der Waals surface area contributed by atoms with Gasteiger partial charge in [0.25, 0.3) is 5.91 Å². The summed E-state index contributed by atoms with van der Waals surface area (Å²) in [7, 11) is 0. The molecule has 1 aromatic carbocycles. The smallest absolute Gasteiger partial charge is 0.251 e. The molecule has 4 N–H and O–H groups in total. The van der Waals surface area contributed by atoms with Crippen molar-refractivity contribution in [1.82, 2.24) is 20.2 Å². The number of nitrogens with zero attached hydrogens (tertiary/aromatic N) is 2. The van der Waals surface area contributed by atoms with Gasteiger partial charge in [-0.2, -0.15) is 0 Å². The van der Waals surface area contributed by atoms with Gasteiger partial charge in [-0.3, -0.25) is 9.69 Å². The van der Waals surface area contributed by atoms with Crippen LogP contribution in [0.4, 0.5) is 0 Å². The third kappa shape index (κ3) is 4.36. The number of hydrogen-bond acceptors (Lipinski definition) is 5. The number of carbonyl (C=O) groups excluding carboxylic acids is 1. The number of aliphatic hydroxyl groups is 2. The maximum Gasteiger partial charge on any atom is 0.251 e. The van der Waals surface area contributed by atoms with Crippen LogP contribution in [0.5, 0.6) is 0 Å². The van der Waals surface area contributed by atoms with E-state index in [1.807, 2.05) is 0 Å². The molecule has 1 saturated heterocycles. The zero-order valence-electron chi connectivity index (χ0n) is 14.4. The monoisotopic (exact) mass is 346 g/mol. The van der Waals surface area contributed by atoms with Crippen LogP contribution in [0.3, 0.4) is 0 Å². The van der Waals surface area contributed by atoms with Gasteiger partial charge < -0.3 is 20.5 Å². The Balaban J connectivity index is 1.49. The highest BCUT2D eigenvalue weighted by atomic mass is 16.3. The molecule has 1 unspecified atom stereocenters. The molecule has 0 aliphatic carbocycles. The second-order valence-corrected chi connectivity index (χ2v) is 6.55. The first-order chi connectivity index (χ1) is 12.2. The Morgan fingerprint density at radius 1 is 1.36 bits per heavy atom. The van der Waals surface area contributed by atoms with Gasteiger partial charge >= 0.3 is 0 Å². The minimum atomic E-state index is -0.151. The minimum Gasteiger partial charge on any atom is -0.395 e. The molecule has 2 heterocycles. The van der Waals surface area contributed by atoms with E-state index in [0.29, 0.717) is 17.9 Å². The molecule has 0 radical (unpaired) electrons. The lowest BCUT2D eigenvalue weighted by Gasteiger charge is -2.34. The van der Waals surface area contributed by atoms with Crippen molar-refractivity contribution in [3.8, 4) is 0 Å². The largest absolute Gasteiger partial charge is 0.395 e.